The number of rotatable bonds is 7. The maximum absolute atomic E-state index is 13.0. The van der Waals surface area contributed by atoms with Gasteiger partial charge in [-0.1, -0.05) is 18.2 Å². The van der Waals surface area contributed by atoms with E-state index in [1.54, 1.807) is 14.2 Å². The number of hydrogen-bond donors (Lipinski definition) is 2. The zero-order chi connectivity index (χ0) is 21.8. The van der Waals surface area contributed by atoms with Crippen molar-refractivity contribution < 1.29 is 14.3 Å². The lowest BCUT2D eigenvalue weighted by Gasteiger charge is -2.08. The van der Waals surface area contributed by atoms with Crippen LogP contribution in [-0.2, 0) is 11.3 Å². The van der Waals surface area contributed by atoms with Crippen LogP contribution in [0.5, 0.6) is 5.88 Å². The summed E-state index contributed by atoms with van der Waals surface area (Å²) in [5, 5.41) is 7.03. The molecular weight excluding hydrogens is 412 g/mol. The van der Waals surface area contributed by atoms with Crippen LogP contribution in [0.15, 0.2) is 54.6 Å². The van der Waals surface area contributed by atoms with Gasteiger partial charge in [-0.05, 0) is 48.9 Å². The Balaban J connectivity index is 1.55. The van der Waals surface area contributed by atoms with Crippen molar-refractivity contribution in [1.82, 2.24) is 9.97 Å². The molecule has 0 unspecified atom stereocenters. The van der Waals surface area contributed by atoms with Crippen molar-refractivity contribution >= 4 is 44.5 Å². The van der Waals surface area contributed by atoms with Crippen molar-refractivity contribution in [2.24, 2.45) is 0 Å². The molecule has 0 spiro atoms. The molecule has 0 radical (unpaired) electrons. The zero-order valence-corrected chi connectivity index (χ0v) is 18.2. The first-order chi connectivity index (χ1) is 15.1. The van der Waals surface area contributed by atoms with Crippen molar-refractivity contribution in [2.45, 2.75) is 13.5 Å². The van der Waals surface area contributed by atoms with Gasteiger partial charge in [0.2, 0.25) is 5.88 Å². The number of aryl methyl sites for hydroxylation is 1. The minimum atomic E-state index is -0.195. The number of amides is 1. The highest BCUT2D eigenvalue weighted by atomic mass is 32.1. The van der Waals surface area contributed by atoms with Gasteiger partial charge in [0, 0.05) is 24.2 Å². The van der Waals surface area contributed by atoms with Gasteiger partial charge in [0.25, 0.3) is 5.91 Å². The lowest BCUT2D eigenvalue weighted by Crippen LogP contribution is -2.11. The van der Waals surface area contributed by atoms with Gasteiger partial charge in [0.15, 0.2) is 5.82 Å². The average molecular weight is 435 g/mol. The van der Waals surface area contributed by atoms with Gasteiger partial charge in [-0.25, -0.2) is 4.98 Å². The lowest BCUT2D eigenvalue weighted by atomic mass is 10.2. The maximum atomic E-state index is 13.0. The highest BCUT2D eigenvalue weighted by Gasteiger charge is 2.21. The number of para-hydroxylation sites is 1. The number of benzene rings is 2. The topological polar surface area (TPSA) is 85.4 Å². The summed E-state index contributed by atoms with van der Waals surface area (Å²) < 4.78 is 10.6. The molecule has 31 heavy (non-hydrogen) atoms. The molecule has 158 valence electrons. The fraction of sp³-hybridized carbons (Fsp3) is 0.174. The molecule has 4 aromatic rings. The largest absolute Gasteiger partial charge is 0.480 e. The first-order valence-corrected chi connectivity index (χ1v) is 10.5. The number of nitrogens with one attached hydrogen (secondary N) is 2. The van der Waals surface area contributed by atoms with E-state index in [-0.39, 0.29) is 12.5 Å². The number of hydrogen-bond acceptors (Lipinski definition) is 7. The van der Waals surface area contributed by atoms with E-state index >= 15 is 0 Å². The van der Waals surface area contributed by atoms with E-state index in [9.17, 15) is 4.79 Å². The van der Waals surface area contributed by atoms with Gasteiger partial charge in [-0.15, -0.1) is 11.3 Å². The van der Waals surface area contributed by atoms with Gasteiger partial charge in [0.1, 0.15) is 11.4 Å². The number of anilines is 3. The third-order valence-electron chi connectivity index (χ3n) is 4.68. The third-order valence-corrected chi connectivity index (χ3v) is 5.87. The fourth-order valence-corrected chi connectivity index (χ4v) is 4.30. The van der Waals surface area contributed by atoms with Crippen LogP contribution in [0.25, 0.3) is 10.2 Å². The van der Waals surface area contributed by atoms with Gasteiger partial charge in [-0.2, -0.15) is 4.98 Å². The van der Waals surface area contributed by atoms with E-state index in [1.807, 2.05) is 61.5 Å². The van der Waals surface area contributed by atoms with Crippen molar-refractivity contribution in [1.29, 1.82) is 0 Å². The van der Waals surface area contributed by atoms with Gasteiger partial charge >= 0.3 is 0 Å². The minimum absolute atomic E-state index is 0.195. The second-order valence-corrected chi connectivity index (χ2v) is 7.84. The molecular formula is C23H22N4O3S. The van der Waals surface area contributed by atoms with Crippen molar-refractivity contribution in [3.05, 3.63) is 70.9 Å². The Bertz CT molecular complexity index is 1210. The quantitative estimate of drug-likeness (QED) is 0.418. The summed E-state index contributed by atoms with van der Waals surface area (Å²) in [7, 11) is 3.14. The van der Waals surface area contributed by atoms with Crippen LogP contribution < -0.4 is 15.4 Å². The van der Waals surface area contributed by atoms with Crippen LogP contribution in [0.4, 0.5) is 17.1 Å². The molecule has 0 saturated heterocycles. The molecule has 1 amide bonds. The van der Waals surface area contributed by atoms with E-state index in [0.29, 0.717) is 27.1 Å². The average Bonchev–Trinajstić information content (AvgIpc) is 3.12. The number of methoxy groups -OCH3 is 2. The molecule has 2 heterocycles. The molecule has 2 N–H and O–H groups in total. The number of carbonyl (C=O) groups is 1. The smallest absolute Gasteiger partial charge is 0.266 e. The summed E-state index contributed by atoms with van der Waals surface area (Å²) in [4.78, 5) is 23.1. The van der Waals surface area contributed by atoms with Crippen LogP contribution in [0.2, 0.25) is 0 Å². The molecule has 2 aromatic heterocycles. The summed E-state index contributed by atoms with van der Waals surface area (Å²) >= 11 is 1.31. The van der Waals surface area contributed by atoms with Crippen molar-refractivity contribution in [2.75, 3.05) is 24.9 Å². The van der Waals surface area contributed by atoms with Gasteiger partial charge < -0.3 is 20.1 Å². The van der Waals surface area contributed by atoms with E-state index < -0.39 is 0 Å². The molecule has 0 atom stereocenters. The number of ether oxygens (including phenoxy) is 2. The van der Waals surface area contributed by atoms with E-state index in [0.717, 1.165) is 22.3 Å². The molecule has 8 heteroatoms. The van der Waals surface area contributed by atoms with Crippen molar-refractivity contribution in [3.8, 4) is 5.88 Å². The number of thiophene rings is 1. The summed E-state index contributed by atoms with van der Waals surface area (Å²) in [5.41, 5.74) is 3.44. The standard InChI is InChI=1S/C23H22N4O3S/c1-14-19-22(30-3)26-18(13-29-2)27-23(19)31-20(14)21(28)25-17-11-9-16(10-12-17)24-15-7-5-4-6-8-15/h4-12,24H,13H2,1-3H3,(H,25,28). The molecule has 0 saturated carbocycles. The number of carbonyl (C=O) groups excluding carboxylic acids is 1. The monoisotopic (exact) mass is 434 g/mol. The predicted octanol–water partition coefficient (Wildman–Crippen LogP) is 5.15. The summed E-state index contributed by atoms with van der Waals surface area (Å²) in [6.45, 7) is 2.15. The number of fused-ring (bicyclic) bond motifs is 1. The van der Waals surface area contributed by atoms with Gasteiger partial charge in [-0.3, -0.25) is 4.79 Å². The molecule has 0 fully saturated rings. The molecule has 0 bridgehead atoms. The Kier molecular flexibility index (Phi) is 6.11. The first-order valence-electron chi connectivity index (χ1n) is 9.65. The molecule has 2 aromatic carbocycles. The lowest BCUT2D eigenvalue weighted by molar-refractivity contribution is 0.103. The van der Waals surface area contributed by atoms with Crippen LogP contribution in [0, 0.1) is 6.92 Å². The maximum Gasteiger partial charge on any atom is 0.266 e. The summed E-state index contributed by atoms with van der Waals surface area (Å²) in [6, 6.07) is 17.5. The van der Waals surface area contributed by atoms with E-state index in [1.165, 1.54) is 11.3 Å². The van der Waals surface area contributed by atoms with Crippen LogP contribution >= 0.6 is 11.3 Å². The third kappa shape index (κ3) is 4.50. The second kappa shape index (κ2) is 9.11. The van der Waals surface area contributed by atoms with E-state index in [4.69, 9.17) is 9.47 Å². The zero-order valence-electron chi connectivity index (χ0n) is 17.4. The predicted molar refractivity (Wildman–Crippen MR) is 124 cm³/mol. The molecule has 0 aliphatic rings. The van der Waals surface area contributed by atoms with Crippen LogP contribution in [0.1, 0.15) is 21.1 Å². The van der Waals surface area contributed by atoms with Gasteiger partial charge in [0.05, 0.1) is 17.4 Å². The molecule has 0 aliphatic carbocycles. The molecule has 0 aliphatic heterocycles. The Labute approximate surface area is 184 Å². The summed E-state index contributed by atoms with van der Waals surface area (Å²) in [5.74, 6) is 0.766. The van der Waals surface area contributed by atoms with Crippen molar-refractivity contribution in [3.63, 3.8) is 0 Å². The normalized spacial score (nSPS) is 10.8. The fourth-order valence-electron chi connectivity index (χ4n) is 3.22. The van der Waals surface area contributed by atoms with Crippen LogP contribution in [-0.4, -0.2) is 30.1 Å². The summed E-state index contributed by atoms with van der Waals surface area (Å²) in [6.07, 6.45) is 0. The Morgan fingerprint density at radius 1 is 0.968 bits per heavy atom. The molecule has 4 rings (SSSR count). The SMILES string of the molecule is COCc1nc(OC)c2c(C)c(C(=O)Nc3ccc(Nc4ccccc4)cc3)sc2n1. The second-order valence-electron chi connectivity index (χ2n) is 6.84. The Morgan fingerprint density at radius 2 is 1.65 bits per heavy atom. The first kappa shape index (κ1) is 20.8. The Morgan fingerprint density at radius 3 is 2.32 bits per heavy atom. The molecule has 7 nitrogen and oxygen atoms in total. The minimum Gasteiger partial charge on any atom is -0.480 e. The van der Waals surface area contributed by atoms with Crippen LogP contribution in [0.3, 0.4) is 0 Å². The highest BCUT2D eigenvalue weighted by Crippen LogP contribution is 2.35. The number of nitrogens with zero attached hydrogens (tertiary/aromatic N) is 2. The van der Waals surface area contributed by atoms with E-state index in [2.05, 4.69) is 20.6 Å². The number of aromatic nitrogens is 2. The highest BCUT2D eigenvalue weighted by molar-refractivity contribution is 7.20. The Hall–Kier alpha value is -3.49.